The van der Waals surface area contributed by atoms with Crippen LogP contribution >= 0.6 is 11.6 Å². The highest BCUT2D eigenvalue weighted by atomic mass is 35.5. The second-order valence-corrected chi connectivity index (χ2v) is 4.26. The minimum Gasteiger partial charge on any atom is -0.304 e. The molecule has 2 heterocycles. The molecular weight excluding hydrogens is 212 g/mol. The van der Waals surface area contributed by atoms with Crippen LogP contribution in [0.15, 0.2) is 12.3 Å². The summed E-state index contributed by atoms with van der Waals surface area (Å²) in [6, 6.07) is 1.70. The maximum absolute atomic E-state index is 5.81. The number of hydrogen-bond acceptors (Lipinski definition) is 4. The standard InChI is InChI=1S/C10H15ClN4/c1-14-4-6-15(7-5-14)8-10-12-3-2-9(11)13-10/h2-3H,4-8H2,1H3. The fourth-order valence-corrected chi connectivity index (χ4v) is 1.81. The van der Waals surface area contributed by atoms with E-state index in [0.717, 1.165) is 38.5 Å². The largest absolute Gasteiger partial charge is 0.304 e. The third kappa shape index (κ3) is 3.12. The molecule has 0 aliphatic carbocycles. The Balaban J connectivity index is 1.92. The molecule has 0 atom stereocenters. The topological polar surface area (TPSA) is 32.3 Å². The number of likely N-dealkylation sites (N-methyl/N-ethyl adjacent to an activating group) is 1. The Bertz CT molecular complexity index is 323. The average Bonchev–Trinajstić information content (AvgIpc) is 2.22. The molecule has 1 aromatic heterocycles. The van der Waals surface area contributed by atoms with Crippen LogP contribution in [-0.4, -0.2) is 53.0 Å². The number of halogens is 1. The molecule has 5 heteroatoms. The van der Waals surface area contributed by atoms with Gasteiger partial charge in [-0.15, -0.1) is 0 Å². The van der Waals surface area contributed by atoms with E-state index < -0.39 is 0 Å². The van der Waals surface area contributed by atoms with Gasteiger partial charge in [-0.25, -0.2) is 9.97 Å². The van der Waals surface area contributed by atoms with Gasteiger partial charge < -0.3 is 4.90 Å². The van der Waals surface area contributed by atoms with Crippen LogP contribution in [0, 0.1) is 0 Å². The molecule has 4 nitrogen and oxygen atoms in total. The summed E-state index contributed by atoms with van der Waals surface area (Å²) in [6.07, 6.45) is 1.71. The maximum Gasteiger partial charge on any atom is 0.143 e. The highest BCUT2D eigenvalue weighted by Crippen LogP contribution is 2.06. The summed E-state index contributed by atoms with van der Waals surface area (Å²) in [4.78, 5) is 13.1. The molecule has 1 aliphatic heterocycles. The fourth-order valence-electron chi connectivity index (χ4n) is 1.66. The van der Waals surface area contributed by atoms with E-state index in [1.54, 1.807) is 12.3 Å². The van der Waals surface area contributed by atoms with Crippen molar-refractivity contribution in [3.63, 3.8) is 0 Å². The van der Waals surface area contributed by atoms with Crippen molar-refractivity contribution in [1.82, 2.24) is 19.8 Å². The van der Waals surface area contributed by atoms with Crippen LogP contribution in [0.1, 0.15) is 5.82 Å². The van der Waals surface area contributed by atoms with E-state index in [1.807, 2.05) is 0 Å². The van der Waals surface area contributed by atoms with Crippen LogP contribution in [0.3, 0.4) is 0 Å². The summed E-state index contributed by atoms with van der Waals surface area (Å²) < 4.78 is 0. The molecule has 82 valence electrons. The Morgan fingerprint density at radius 2 is 2.07 bits per heavy atom. The van der Waals surface area contributed by atoms with E-state index in [0.29, 0.717) is 5.15 Å². The van der Waals surface area contributed by atoms with Crippen LogP contribution < -0.4 is 0 Å². The van der Waals surface area contributed by atoms with E-state index >= 15 is 0 Å². The highest BCUT2D eigenvalue weighted by molar-refractivity contribution is 6.29. The van der Waals surface area contributed by atoms with Crippen molar-refractivity contribution >= 4 is 11.6 Å². The minimum atomic E-state index is 0.522. The van der Waals surface area contributed by atoms with E-state index in [4.69, 9.17) is 11.6 Å². The summed E-state index contributed by atoms with van der Waals surface area (Å²) in [5, 5.41) is 0.522. The molecule has 1 aliphatic rings. The lowest BCUT2D eigenvalue weighted by molar-refractivity contribution is 0.145. The maximum atomic E-state index is 5.81. The number of rotatable bonds is 2. The van der Waals surface area contributed by atoms with Crippen LogP contribution in [0.4, 0.5) is 0 Å². The molecule has 2 rings (SSSR count). The predicted octanol–water partition coefficient (Wildman–Crippen LogP) is 0.877. The van der Waals surface area contributed by atoms with Crippen molar-refractivity contribution in [3.8, 4) is 0 Å². The zero-order valence-corrected chi connectivity index (χ0v) is 9.61. The monoisotopic (exact) mass is 226 g/mol. The van der Waals surface area contributed by atoms with Gasteiger partial charge in [-0.1, -0.05) is 11.6 Å². The zero-order chi connectivity index (χ0) is 10.7. The summed E-state index contributed by atoms with van der Waals surface area (Å²) in [5.74, 6) is 0.812. The molecule has 0 unspecified atom stereocenters. The molecule has 1 saturated heterocycles. The first-order valence-corrected chi connectivity index (χ1v) is 5.50. The van der Waals surface area contributed by atoms with Crippen molar-refractivity contribution in [2.75, 3.05) is 33.2 Å². The Morgan fingerprint density at radius 1 is 1.33 bits per heavy atom. The van der Waals surface area contributed by atoms with Crippen molar-refractivity contribution in [1.29, 1.82) is 0 Å². The molecule has 0 bridgehead atoms. The summed E-state index contributed by atoms with van der Waals surface area (Å²) in [7, 11) is 2.15. The first kappa shape index (κ1) is 10.8. The van der Waals surface area contributed by atoms with Crippen LogP contribution in [-0.2, 0) is 6.54 Å². The zero-order valence-electron chi connectivity index (χ0n) is 8.86. The van der Waals surface area contributed by atoms with Crippen molar-refractivity contribution < 1.29 is 0 Å². The lowest BCUT2D eigenvalue weighted by Crippen LogP contribution is -2.44. The lowest BCUT2D eigenvalue weighted by atomic mass is 10.3. The second kappa shape index (κ2) is 4.88. The van der Waals surface area contributed by atoms with Gasteiger partial charge in [0.25, 0.3) is 0 Å². The smallest absolute Gasteiger partial charge is 0.143 e. The second-order valence-electron chi connectivity index (χ2n) is 3.88. The molecule has 1 fully saturated rings. The summed E-state index contributed by atoms with van der Waals surface area (Å²) in [5.41, 5.74) is 0. The summed E-state index contributed by atoms with van der Waals surface area (Å²) in [6.45, 7) is 5.17. The van der Waals surface area contributed by atoms with E-state index in [2.05, 4.69) is 26.8 Å². The van der Waals surface area contributed by atoms with Gasteiger partial charge >= 0.3 is 0 Å². The highest BCUT2D eigenvalue weighted by Gasteiger charge is 2.14. The molecule has 0 spiro atoms. The van der Waals surface area contributed by atoms with E-state index in [1.165, 1.54) is 0 Å². The predicted molar refractivity (Wildman–Crippen MR) is 59.8 cm³/mol. The molecule has 0 aromatic carbocycles. The molecule has 15 heavy (non-hydrogen) atoms. The van der Waals surface area contributed by atoms with Gasteiger partial charge in [0.1, 0.15) is 11.0 Å². The van der Waals surface area contributed by atoms with Crippen LogP contribution in [0.5, 0.6) is 0 Å². The van der Waals surface area contributed by atoms with Gasteiger partial charge in [0.2, 0.25) is 0 Å². The van der Waals surface area contributed by atoms with Gasteiger partial charge in [0.15, 0.2) is 0 Å². The average molecular weight is 227 g/mol. The Hall–Kier alpha value is -0.710. The minimum absolute atomic E-state index is 0.522. The lowest BCUT2D eigenvalue weighted by Gasteiger charge is -2.31. The molecule has 0 N–H and O–H groups in total. The number of aromatic nitrogens is 2. The van der Waals surface area contributed by atoms with Gasteiger partial charge in [-0.3, -0.25) is 4.90 Å². The Kier molecular flexibility index (Phi) is 3.51. The molecule has 1 aromatic rings. The van der Waals surface area contributed by atoms with Crippen molar-refractivity contribution in [3.05, 3.63) is 23.2 Å². The van der Waals surface area contributed by atoms with Crippen molar-refractivity contribution in [2.24, 2.45) is 0 Å². The van der Waals surface area contributed by atoms with Crippen LogP contribution in [0.25, 0.3) is 0 Å². The van der Waals surface area contributed by atoms with Crippen molar-refractivity contribution in [2.45, 2.75) is 6.54 Å². The van der Waals surface area contributed by atoms with Gasteiger partial charge in [0.05, 0.1) is 6.54 Å². The van der Waals surface area contributed by atoms with Gasteiger partial charge in [-0.05, 0) is 13.1 Å². The van der Waals surface area contributed by atoms with E-state index in [-0.39, 0.29) is 0 Å². The Morgan fingerprint density at radius 3 is 2.73 bits per heavy atom. The number of piperazine rings is 1. The molecular formula is C10H15ClN4. The molecule has 0 amide bonds. The summed E-state index contributed by atoms with van der Waals surface area (Å²) >= 11 is 5.81. The number of hydrogen-bond donors (Lipinski definition) is 0. The third-order valence-electron chi connectivity index (χ3n) is 2.63. The first-order valence-electron chi connectivity index (χ1n) is 5.12. The third-order valence-corrected chi connectivity index (χ3v) is 2.84. The fraction of sp³-hybridized carbons (Fsp3) is 0.600. The molecule has 0 saturated carbocycles. The van der Waals surface area contributed by atoms with Gasteiger partial charge in [-0.2, -0.15) is 0 Å². The van der Waals surface area contributed by atoms with Gasteiger partial charge in [0, 0.05) is 32.4 Å². The molecule has 0 radical (unpaired) electrons. The quantitative estimate of drug-likeness (QED) is 0.701. The number of nitrogens with zero attached hydrogens (tertiary/aromatic N) is 4. The van der Waals surface area contributed by atoms with Crippen LogP contribution in [0.2, 0.25) is 5.15 Å². The first-order chi connectivity index (χ1) is 7.24. The van der Waals surface area contributed by atoms with E-state index in [9.17, 15) is 0 Å². The SMILES string of the molecule is CN1CCN(Cc2nccc(Cl)n2)CC1. The normalized spacial score (nSPS) is 19.3. The Labute approximate surface area is 94.9 Å².